The van der Waals surface area contributed by atoms with Gasteiger partial charge in [-0.3, -0.25) is 19.5 Å². The number of aromatic hydroxyl groups is 1. The summed E-state index contributed by atoms with van der Waals surface area (Å²) < 4.78 is 48.4. The number of nitrogens with one attached hydrogen (secondary N) is 4. The number of piperidine rings is 1. The molecule has 2 aromatic carbocycles. The number of carbonyl (C=O) groups is 1. The van der Waals surface area contributed by atoms with Crippen molar-refractivity contribution >= 4 is 32.7 Å². The number of pyridine rings is 1. The van der Waals surface area contributed by atoms with Crippen LogP contribution in [0.1, 0.15) is 82.4 Å². The number of anilines is 1. The summed E-state index contributed by atoms with van der Waals surface area (Å²) in [4.78, 5) is 31.7. The molecule has 16 nitrogen and oxygen atoms in total. The summed E-state index contributed by atoms with van der Waals surface area (Å²) in [6, 6.07) is 16.7. The third-order valence-electron chi connectivity index (χ3n) is 16.0. The van der Waals surface area contributed by atoms with Gasteiger partial charge >= 0.3 is 0 Å². The van der Waals surface area contributed by atoms with E-state index in [1.807, 2.05) is 18.2 Å². The lowest BCUT2D eigenvalue weighted by Gasteiger charge is -2.56. The van der Waals surface area contributed by atoms with Crippen LogP contribution in [0.25, 0.3) is 11.0 Å². The molecule has 0 bridgehead atoms. The number of piperazine rings is 1. The highest BCUT2D eigenvalue weighted by Gasteiger charge is 2.51. The van der Waals surface area contributed by atoms with Crippen LogP contribution < -0.4 is 24.8 Å². The van der Waals surface area contributed by atoms with Gasteiger partial charge in [-0.2, -0.15) is 0 Å². The molecule has 7 aliphatic rings. The maximum atomic E-state index is 14.4. The van der Waals surface area contributed by atoms with Crippen molar-refractivity contribution in [1.82, 2.24) is 39.6 Å². The van der Waals surface area contributed by atoms with Gasteiger partial charge in [0.15, 0.2) is 5.54 Å². The number of aromatic amines is 1. The zero-order valence-electron chi connectivity index (χ0n) is 39.4. The molecule has 4 saturated heterocycles. The van der Waals surface area contributed by atoms with Crippen molar-refractivity contribution in [2.45, 2.75) is 99.8 Å². The number of H-pyrrole nitrogens is 1. The Hall–Kier alpha value is -5.33. The summed E-state index contributed by atoms with van der Waals surface area (Å²) in [5.74, 6) is 0.178. The Morgan fingerprint density at radius 3 is 2.56 bits per heavy atom. The maximum Gasteiger partial charge on any atom is 0.267 e. The summed E-state index contributed by atoms with van der Waals surface area (Å²) >= 11 is 0. The molecule has 2 aromatic heterocycles. The first-order valence-corrected chi connectivity index (χ1v) is 26.1. The molecular formula is C51H65N9O7S. The lowest BCUT2D eigenvalue weighted by Crippen LogP contribution is -2.58. The Bertz CT molecular complexity index is 2710. The minimum atomic E-state index is -4.51. The second kappa shape index (κ2) is 17.9. The fourth-order valence-corrected chi connectivity index (χ4v) is 12.9. The van der Waals surface area contributed by atoms with Crippen LogP contribution >= 0.6 is 0 Å². The van der Waals surface area contributed by atoms with Crippen LogP contribution in [0.3, 0.4) is 0 Å². The van der Waals surface area contributed by atoms with Gasteiger partial charge in [-0.05, 0) is 86.6 Å². The quantitative estimate of drug-likeness (QED) is 0.110. The van der Waals surface area contributed by atoms with E-state index >= 15 is 0 Å². The van der Waals surface area contributed by atoms with Gasteiger partial charge in [0.2, 0.25) is 0 Å². The standard InChI is InChI=1S/C51H65N9O7S/c1-33(2)41-7-4-5-8-42(41)43-9-6-14-60(43)37-25-51(26-37)11-15-58(16-12-51)36-22-46(67-39-21-34-10-13-52-48(34)53-28-39)50(3,54-27-36)49(62)56-68(63,64)40-23-44(61)47-45(24-40)66-30-35(55-47)29-57-17-19-59(20-18-57)38-31-65-32-38/h4-5,7-8,10,13,21-24,27-28,33,35,37-38,43,54-55,61H,6,9,11-12,14-20,25-26,29-32H2,1-3H3,(H,52,53)(H,56,62)/t35-,43-,50?/m0/s1. The number of phenolic OH excluding ortho intramolecular Hbond substituents is 1. The minimum absolute atomic E-state index is 0.106. The van der Waals surface area contributed by atoms with Gasteiger partial charge in [0.1, 0.15) is 40.9 Å². The van der Waals surface area contributed by atoms with Crippen LogP contribution in [0.5, 0.6) is 17.2 Å². The summed E-state index contributed by atoms with van der Waals surface area (Å²) in [6.45, 7) is 15.5. The van der Waals surface area contributed by atoms with E-state index in [-0.39, 0.29) is 34.8 Å². The highest BCUT2D eigenvalue weighted by atomic mass is 32.2. The Morgan fingerprint density at radius 2 is 1.79 bits per heavy atom. The van der Waals surface area contributed by atoms with Gasteiger partial charge < -0.3 is 39.8 Å². The van der Waals surface area contributed by atoms with E-state index in [2.05, 4.69) is 83.0 Å². The Labute approximate surface area is 399 Å². The zero-order chi connectivity index (χ0) is 46.8. The van der Waals surface area contributed by atoms with Gasteiger partial charge in [0.05, 0.1) is 42.1 Å². The van der Waals surface area contributed by atoms with Crippen molar-refractivity contribution in [3.8, 4) is 17.2 Å². The van der Waals surface area contributed by atoms with Gasteiger partial charge in [-0.25, -0.2) is 18.1 Å². The number of benzene rings is 2. The van der Waals surface area contributed by atoms with Gasteiger partial charge in [0.25, 0.3) is 15.9 Å². The highest BCUT2D eigenvalue weighted by molar-refractivity contribution is 7.90. The maximum absolute atomic E-state index is 14.4. The number of rotatable bonds is 12. The van der Waals surface area contributed by atoms with Crippen molar-refractivity contribution in [1.29, 1.82) is 0 Å². The molecule has 1 aliphatic carbocycles. The number of nitrogens with zero attached hydrogens (tertiary/aromatic N) is 5. The molecule has 1 amide bonds. The molecule has 1 spiro atoms. The van der Waals surface area contributed by atoms with Crippen LogP contribution in [-0.4, -0.2) is 145 Å². The van der Waals surface area contributed by atoms with Crippen LogP contribution in [0, 0.1) is 5.41 Å². The Morgan fingerprint density at radius 1 is 1.00 bits per heavy atom. The molecule has 8 heterocycles. The summed E-state index contributed by atoms with van der Waals surface area (Å²) in [7, 11) is -4.51. The first kappa shape index (κ1) is 45.1. The number of amides is 1. The third kappa shape index (κ3) is 8.58. The average molecular weight is 948 g/mol. The van der Waals surface area contributed by atoms with Crippen molar-refractivity contribution in [2.24, 2.45) is 5.41 Å². The molecule has 5 N–H and O–H groups in total. The number of likely N-dealkylation sites (tertiary alicyclic amines) is 2. The van der Waals surface area contributed by atoms with E-state index in [4.69, 9.17) is 14.2 Å². The van der Waals surface area contributed by atoms with E-state index in [0.29, 0.717) is 53.1 Å². The molecule has 4 aromatic rings. The number of dihydropyridines is 1. The molecule has 1 unspecified atom stereocenters. The molecule has 68 heavy (non-hydrogen) atoms. The fraction of sp³-hybridized carbons (Fsp3) is 0.529. The topological polar surface area (TPSA) is 177 Å². The number of hydrogen-bond acceptors (Lipinski definition) is 14. The molecule has 1 saturated carbocycles. The van der Waals surface area contributed by atoms with E-state index in [0.717, 1.165) is 89.0 Å². The van der Waals surface area contributed by atoms with Gasteiger partial charge in [0, 0.05) is 93.9 Å². The predicted octanol–water partition coefficient (Wildman–Crippen LogP) is 5.63. The number of phenols is 1. The number of aromatic nitrogens is 2. The lowest BCUT2D eigenvalue weighted by atomic mass is 9.59. The summed E-state index contributed by atoms with van der Waals surface area (Å²) in [6.07, 6.45) is 14.0. The first-order valence-electron chi connectivity index (χ1n) is 24.6. The second-order valence-corrected chi connectivity index (χ2v) is 22.4. The molecule has 5 fully saturated rings. The number of ether oxygens (including phenoxy) is 3. The molecular weight excluding hydrogens is 883 g/mol. The van der Waals surface area contributed by atoms with E-state index in [1.165, 1.54) is 42.9 Å². The second-order valence-electron chi connectivity index (χ2n) is 20.7. The SMILES string of the molecule is CC(C)c1ccccc1[C@@H]1CCCN1C1CC2(CCN(C3=CNC(C)(C(=O)NS(=O)(=O)c4cc(O)c5c(c4)OC[C@H](CN4CCN(C6COC6)CC4)N5)C(Oc4cnc5[nH]ccc5c4)=C3)CC2)C1. The molecule has 17 heteroatoms. The van der Waals surface area contributed by atoms with Crippen LogP contribution in [0.4, 0.5) is 5.69 Å². The zero-order valence-corrected chi connectivity index (χ0v) is 40.2. The molecule has 3 atom stereocenters. The normalized spacial score (nSPS) is 26.0. The van der Waals surface area contributed by atoms with Crippen molar-refractivity contribution < 1.29 is 32.5 Å². The summed E-state index contributed by atoms with van der Waals surface area (Å²) in [5, 5.41) is 18.6. The number of sulfonamides is 1. The molecule has 0 radical (unpaired) electrons. The lowest BCUT2D eigenvalue weighted by molar-refractivity contribution is -0.124. The minimum Gasteiger partial charge on any atom is -0.506 e. The van der Waals surface area contributed by atoms with Crippen LogP contribution in [0.15, 0.2) is 89.6 Å². The number of fused-ring (bicyclic) bond motifs is 2. The van der Waals surface area contributed by atoms with Crippen LogP contribution in [0.2, 0.25) is 0 Å². The van der Waals surface area contributed by atoms with E-state index in [1.54, 1.807) is 25.5 Å². The largest absolute Gasteiger partial charge is 0.506 e. The first-order chi connectivity index (χ1) is 32.8. The molecule has 362 valence electrons. The number of allylic oxidation sites excluding steroid dienone is 1. The third-order valence-corrected chi connectivity index (χ3v) is 17.3. The smallest absolute Gasteiger partial charge is 0.267 e. The van der Waals surface area contributed by atoms with Crippen molar-refractivity contribution in [2.75, 3.05) is 77.5 Å². The molecule has 6 aliphatic heterocycles. The highest BCUT2D eigenvalue weighted by Crippen LogP contribution is 2.54. The summed E-state index contributed by atoms with van der Waals surface area (Å²) in [5.41, 5.74) is 3.51. The Balaban J connectivity index is 0.758. The van der Waals surface area contributed by atoms with Gasteiger partial charge in [-0.15, -0.1) is 0 Å². The fourth-order valence-electron chi connectivity index (χ4n) is 11.8. The van der Waals surface area contributed by atoms with Crippen molar-refractivity contribution in [3.05, 3.63) is 95.8 Å². The van der Waals surface area contributed by atoms with Gasteiger partial charge in [-0.1, -0.05) is 38.1 Å². The average Bonchev–Trinajstić information content (AvgIpc) is 3.99. The van der Waals surface area contributed by atoms with E-state index < -0.39 is 21.5 Å². The van der Waals surface area contributed by atoms with Crippen LogP contribution in [-0.2, 0) is 19.6 Å². The Kier molecular flexibility index (Phi) is 11.9. The van der Waals surface area contributed by atoms with Crippen molar-refractivity contribution in [3.63, 3.8) is 0 Å². The monoisotopic (exact) mass is 947 g/mol. The van der Waals surface area contributed by atoms with E-state index in [9.17, 15) is 18.3 Å². The number of hydrogen-bond donors (Lipinski definition) is 5. The predicted molar refractivity (Wildman–Crippen MR) is 259 cm³/mol. The number of carbonyl (C=O) groups excluding carboxylic acids is 1. The molecule has 11 rings (SSSR count).